The molecular weight excluding hydrogens is 1170 g/mol. The number of H-pyrrole nitrogens is 6. The number of oxazole rings is 1. The van der Waals surface area contributed by atoms with Gasteiger partial charge in [0.25, 0.3) is 5.91 Å². The molecule has 3 aromatic carbocycles. The molecule has 0 saturated carbocycles. The fraction of sp³-hybridized carbons (Fsp3) is 0.159. The van der Waals surface area contributed by atoms with Crippen molar-refractivity contribution in [3.63, 3.8) is 0 Å². The number of pyridine rings is 4. The van der Waals surface area contributed by atoms with Crippen LogP contribution in [-0.2, 0) is 31.7 Å². The van der Waals surface area contributed by atoms with E-state index in [2.05, 4.69) is 162 Å². The van der Waals surface area contributed by atoms with E-state index < -0.39 is 0 Å². The van der Waals surface area contributed by atoms with Crippen LogP contribution in [-0.4, -0.2) is 106 Å². The van der Waals surface area contributed by atoms with Gasteiger partial charge >= 0.3 is 0 Å². The van der Waals surface area contributed by atoms with Gasteiger partial charge in [0.05, 0.1) is 74.1 Å². The lowest BCUT2D eigenvalue weighted by Gasteiger charge is -2.18. The van der Waals surface area contributed by atoms with Crippen molar-refractivity contribution in [1.82, 2.24) is 96.0 Å². The number of fused-ring (bicyclic) bond motifs is 9. The molecule has 0 saturated heterocycles. The Labute approximate surface area is 532 Å². The maximum atomic E-state index is 12.6. The summed E-state index contributed by atoms with van der Waals surface area (Å²) < 4.78 is 7.14. The molecule has 466 valence electrons. The van der Waals surface area contributed by atoms with Crippen LogP contribution in [0.2, 0.25) is 0 Å². The van der Waals surface area contributed by atoms with E-state index in [-0.39, 0.29) is 11.3 Å². The van der Waals surface area contributed by atoms with E-state index in [4.69, 9.17) is 21.6 Å². The van der Waals surface area contributed by atoms with Gasteiger partial charge in [-0.2, -0.15) is 15.3 Å². The molecular formula is C69H68N22O2. The molecule has 12 aromatic heterocycles. The second-order valence-electron chi connectivity index (χ2n) is 23.6. The zero-order valence-corrected chi connectivity index (χ0v) is 51.6. The summed E-state index contributed by atoms with van der Waals surface area (Å²) in [6, 6.07) is 35.8. The highest BCUT2D eigenvalue weighted by Gasteiger charge is 2.19. The highest BCUT2D eigenvalue weighted by molar-refractivity contribution is 6.11. The van der Waals surface area contributed by atoms with Crippen LogP contribution in [0.3, 0.4) is 0 Å². The van der Waals surface area contributed by atoms with E-state index in [0.29, 0.717) is 54.1 Å². The molecule has 93 heavy (non-hydrogen) atoms. The molecule has 0 radical (unpaired) electrons. The standard InChI is InChI=1S/C26H27N7O.C22H22N8.C21H19N7O/c1-26(2,3)22-6-4-5-20(31-22)25(34)28-11-9-16-14-18-23(30-16)17-8-7-15(19-10-12-29-33-19)13-21(17)32-24(18)27;1-13(20-11-30(2)12-25-20)24-7-5-15-10-17-21(27-15)16-4-3-14(18-6-8-26-29-18)9-19(16)28-22(17)23;1-12(19-10-23-11-29-19)24-6-4-14-9-16-20(26-14)15-3-2-13(17-5-7-25-28-17)8-18(15)27-21(16)22/h4-8,10,12-14,30H,9,11H2,1-3H3,(H2,27,32)(H,28,34)(H,29,33);3-4,6,8-12,24,27H,1,5,7H2,2H3,(H2,23,28)(H,26,29);2-3,5,7-11,24,26H,1,4,6H2,(H2,22,27)(H,25,28). The van der Waals surface area contributed by atoms with Crippen LogP contribution < -0.4 is 33.2 Å². The number of rotatable bonds is 17. The van der Waals surface area contributed by atoms with Gasteiger partial charge in [-0.1, -0.05) is 76.4 Å². The number of anilines is 3. The van der Waals surface area contributed by atoms with Gasteiger partial charge in [0.15, 0.2) is 12.2 Å². The Balaban J connectivity index is 0.000000127. The summed E-state index contributed by atoms with van der Waals surface area (Å²) in [7, 11) is 1.94. The van der Waals surface area contributed by atoms with Crippen molar-refractivity contribution in [2.45, 2.75) is 45.4 Å². The molecule has 24 heteroatoms. The number of carbonyl (C=O) groups excluding carboxylic acids is 1. The monoisotopic (exact) mass is 1240 g/mol. The topological polar surface area (TPSA) is 360 Å². The number of carbonyl (C=O) groups is 1. The Morgan fingerprint density at radius 2 is 1.00 bits per heavy atom. The van der Waals surface area contributed by atoms with Gasteiger partial charge in [-0.15, -0.1) is 0 Å². The molecule has 1 amide bonds. The lowest BCUT2D eigenvalue weighted by Crippen LogP contribution is -2.27. The number of hydrogen-bond acceptors (Lipinski definition) is 16. The summed E-state index contributed by atoms with van der Waals surface area (Å²) >= 11 is 0. The summed E-state index contributed by atoms with van der Waals surface area (Å²) in [5.41, 5.74) is 36.8. The molecule has 0 spiro atoms. The molecule has 15 aromatic rings. The third-order valence-electron chi connectivity index (χ3n) is 16.0. The van der Waals surface area contributed by atoms with Crippen molar-refractivity contribution in [2.75, 3.05) is 36.8 Å². The third kappa shape index (κ3) is 12.8. The van der Waals surface area contributed by atoms with Gasteiger partial charge in [-0.05, 0) is 66.7 Å². The minimum Gasteiger partial charge on any atom is -0.442 e. The van der Waals surface area contributed by atoms with Crippen LogP contribution >= 0.6 is 0 Å². The van der Waals surface area contributed by atoms with Gasteiger partial charge < -0.3 is 57.1 Å². The number of nitrogens with zero attached hydrogens (tertiary/aromatic N) is 10. The summed E-state index contributed by atoms with van der Waals surface area (Å²) in [4.78, 5) is 49.7. The van der Waals surface area contributed by atoms with Crippen LogP contribution in [0.15, 0.2) is 170 Å². The molecule has 24 nitrogen and oxygen atoms in total. The van der Waals surface area contributed by atoms with Crippen molar-refractivity contribution >= 4 is 100 Å². The normalized spacial score (nSPS) is 11.5. The zero-order valence-electron chi connectivity index (χ0n) is 51.6. The first-order valence-electron chi connectivity index (χ1n) is 30.2. The number of nitrogen functional groups attached to an aromatic ring is 3. The molecule has 15 rings (SSSR count). The molecule has 0 aliphatic carbocycles. The number of nitrogens with one attached hydrogen (secondary N) is 9. The number of amides is 1. The van der Waals surface area contributed by atoms with E-state index in [1.54, 1.807) is 37.2 Å². The van der Waals surface area contributed by atoms with Gasteiger partial charge in [0.1, 0.15) is 28.8 Å². The van der Waals surface area contributed by atoms with E-state index >= 15 is 0 Å². The largest absolute Gasteiger partial charge is 0.442 e. The lowest BCUT2D eigenvalue weighted by molar-refractivity contribution is 0.0948. The fourth-order valence-electron chi connectivity index (χ4n) is 11.2. The Kier molecular flexibility index (Phi) is 16.2. The number of imidazole rings is 1. The number of benzene rings is 3. The quantitative estimate of drug-likeness (QED) is 0.0403. The fourth-order valence-corrected chi connectivity index (χ4v) is 11.2. The molecule has 0 atom stereocenters. The smallest absolute Gasteiger partial charge is 0.269 e. The molecule has 0 fully saturated rings. The second kappa shape index (κ2) is 25.3. The van der Waals surface area contributed by atoms with Crippen LogP contribution in [0.1, 0.15) is 65.5 Å². The first-order chi connectivity index (χ1) is 45.1. The highest BCUT2D eigenvalue weighted by atomic mass is 16.3. The van der Waals surface area contributed by atoms with Gasteiger partial charge in [-0.3, -0.25) is 20.1 Å². The average Bonchev–Trinajstić information content (AvgIpc) is 1.70. The van der Waals surface area contributed by atoms with Crippen LogP contribution in [0.4, 0.5) is 17.5 Å². The predicted molar refractivity (Wildman–Crippen MR) is 367 cm³/mol. The maximum Gasteiger partial charge on any atom is 0.269 e. The predicted octanol–water partition coefficient (Wildman–Crippen LogP) is 11.1. The summed E-state index contributed by atoms with van der Waals surface area (Å²) in [5.74, 6) is 1.96. The molecule has 0 aliphatic rings. The number of hydrogen-bond donors (Lipinski definition) is 12. The average molecular weight is 1240 g/mol. The third-order valence-corrected chi connectivity index (χ3v) is 16.0. The van der Waals surface area contributed by atoms with Crippen molar-refractivity contribution in [3.05, 3.63) is 206 Å². The van der Waals surface area contributed by atoms with Crippen molar-refractivity contribution < 1.29 is 9.21 Å². The number of nitrogens with two attached hydrogens (primary N) is 3. The van der Waals surface area contributed by atoms with E-state index in [1.165, 1.54) is 6.39 Å². The zero-order chi connectivity index (χ0) is 64.3. The van der Waals surface area contributed by atoms with Crippen LogP contribution in [0.5, 0.6) is 0 Å². The van der Waals surface area contributed by atoms with Crippen molar-refractivity contribution in [2.24, 2.45) is 7.05 Å². The van der Waals surface area contributed by atoms with Gasteiger partial charge in [-0.25, -0.2) is 29.9 Å². The summed E-state index contributed by atoms with van der Waals surface area (Å²) in [6.45, 7) is 16.2. The summed E-state index contributed by atoms with van der Waals surface area (Å²) in [6.07, 6.45) is 14.1. The lowest BCUT2D eigenvalue weighted by atomic mass is 9.91. The number of aromatic amines is 6. The van der Waals surface area contributed by atoms with E-state index in [0.717, 1.165) is 153 Å². The summed E-state index contributed by atoms with van der Waals surface area (Å²) in [5, 5.41) is 36.3. The Morgan fingerprint density at radius 1 is 0.548 bits per heavy atom. The second-order valence-corrected chi connectivity index (χ2v) is 23.6. The maximum absolute atomic E-state index is 12.6. The van der Waals surface area contributed by atoms with Crippen molar-refractivity contribution in [1.29, 1.82) is 0 Å². The van der Waals surface area contributed by atoms with Gasteiger partial charge in [0, 0.05) is 148 Å². The molecule has 0 bridgehead atoms. The molecule has 15 N–H and O–H groups in total. The Hall–Kier alpha value is -12.3. The minimum atomic E-state index is -0.180. The Bertz CT molecular complexity index is 5180. The highest BCUT2D eigenvalue weighted by Crippen LogP contribution is 2.35. The molecule has 12 heterocycles. The van der Waals surface area contributed by atoms with Crippen molar-refractivity contribution in [3.8, 4) is 33.8 Å². The van der Waals surface area contributed by atoms with Crippen LogP contribution in [0, 0.1) is 0 Å². The van der Waals surface area contributed by atoms with Crippen LogP contribution in [0.25, 0.3) is 111 Å². The first kappa shape index (κ1) is 59.6. The first-order valence-corrected chi connectivity index (χ1v) is 30.2. The molecule has 0 aliphatic heterocycles. The van der Waals surface area contributed by atoms with E-state index in [1.807, 2.05) is 84.5 Å². The minimum absolute atomic E-state index is 0.115. The van der Waals surface area contributed by atoms with Gasteiger partial charge in [0.2, 0.25) is 0 Å². The SMILES string of the molecule is C=C(NCCc1cc2c(N)nc3cc(-c4ccn[nH]4)ccc3c2[nH]1)c1cn(C)cn1.C=C(NCCc1cc2c(N)nc3cc(-c4ccn[nH]4)ccc3c2[nH]1)c1cnco1.CC(C)(C)c1cccc(C(=O)NCCc2cc3c(N)nc4cc(-c5ccn[nH]5)ccc4c3[nH]2)n1. The molecule has 0 unspecified atom stereocenters. The Morgan fingerprint density at radius 3 is 1.40 bits per heavy atom. The number of aryl methyl sites for hydroxylation is 1. The number of aromatic nitrogens is 16. The van der Waals surface area contributed by atoms with E-state index in [9.17, 15) is 4.79 Å².